The molecule has 0 saturated carbocycles. The lowest BCUT2D eigenvalue weighted by molar-refractivity contribution is 0.404. The van der Waals surface area contributed by atoms with E-state index in [9.17, 15) is 8.42 Å². The number of aromatic amines is 1. The molecule has 2 unspecified atom stereocenters. The molecule has 2 rings (SSSR count). The number of nitrogens with zero attached hydrogens (tertiary/aromatic N) is 2. The predicted octanol–water partition coefficient (Wildman–Crippen LogP) is 0.384. The minimum Gasteiger partial charge on any atom is -0.330 e. The lowest BCUT2D eigenvalue weighted by Crippen LogP contribution is -2.35. The SMILES string of the molecule is Cc1n[nH]c(C)c1S(=O)(=O)N1CC(CN)CC1C. The van der Waals surface area contributed by atoms with E-state index in [1.165, 1.54) is 0 Å². The van der Waals surface area contributed by atoms with Crippen molar-refractivity contribution in [2.24, 2.45) is 11.7 Å². The van der Waals surface area contributed by atoms with Gasteiger partial charge in [0.1, 0.15) is 4.90 Å². The molecule has 1 aliphatic heterocycles. The number of aromatic nitrogens is 2. The minimum absolute atomic E-state index is 0.00255. The molecule has 0 radical (unpaired) electrons. The molecule has 1 fully saturated rings. The Labute approximate surface area is 108 Å². The zero-order chi connectivity index (χ0) is 13.5. The molecular weight excluding hydrogens is 252 g/mol. The van der Waals surface area contributed by atoms with Crippen molar-refractivity contribution in [1.29, 1.82) is 0 Å². The van der Waals surface area contributed by atoms with Crippen LogP contribution in [0.4, 0.5) is 0 Å². The van der Waals surface area contributed by atoms with Gasteiger partial charge in [-0.15, -0.1) is 0 Å². The second-order valence-electron chi connectivity index (χ2n) is 5.02. The molecular formula is C11H20N4O2S. The fourth-order valence-corrected chi connectivity index (χ4v) is 4.71. The Bertz CT molecular complexity index is 518. The second kappa shape index (κ2) is 4.64. The largest absolute Gasteiger partial charge is 0.330 e. The van der Waals surface area contributed by atoms with E-state index < -0.39 is 10.0 Å². The topological polar surface area (TPSA) is 92.1 Å². The molecule has 7 heteroatoms. The molecule has 3 N–H and O–H groups in total. The fraction of sp³-hybridized carbons (Fsp3) is 0.727. The van der Waals surface area contributed by atoms with Gasteiger partial charge in [0.2, 0.25) is 10.0 Å². The van der Waals surface area contributed by atoms with Gasteiger partial charge in [-0.1, -0.05) is 0 Å². The van der Waals surface area contributed by atoms with Crippen LogP contribution in [-0.4, -0.2) is 42.1 Å². The van der Waals surface area contributed by atoms with Crippen molar-refractivity contribution >= 4 is 10.0 Å². The number of rotatable bonds is 3. The Morgan fingerprint density at radius 3 is 2.61 bits per heavy atom. The molecule has 18 heavy (non-hydrogen) atoms. The Morgan fingerprint density at radius 2 is 2.17 bits per heavy atom. The first kappa shape index (κ1) is 13.5. The van der Waals surface area contributed by atoms with E-state index in [-0.39, 0.29) is 12.0 Å². The highest BCUT2D eigenvalue weighted by atomic mass is 32.2. The first-order chi connectivity index (χ1) is 8.37. The normalized spacial score (nSPS) is 25.8. The molecule has 2 atom stereocenters. The van der Waals surface area contributed by atoms with Crippen LogP contribution in [0.15, 0.2) is 4.90 Å². The molecule has 1 saturated heterocycles. The van der Waals surface area contributed by atoms with Gasteiger partial charge in [-0.3, -0.25) is 5.10 Å². The maximum atomic E-state index is 12.6. The molecule has 1 aliphatic rings. The lowest BCUT2D eigenvalue weighted by atomic mass is 10.1. The van der Waals surface area contributed by atoms with Crippen LogP contribution >= 0.6 is 0 Å². The van der Waals surface area contributed by atoms with E-state index in [1.54, 1.807) is 18.2 Å². The number of H-pyrrole nitrogens is 1. The van der Waals surface area contributed by atoms with E-state index in [2.05, 4.69) is 10.2 Å². The molecule has 6 nitrogen and oxygen atoms in total. The molecule has 0 bridgehead atoms. The molecule has 1 aromatic heterocycles. The van der Waals surface area contributed by atoms with Crippen LogP contribution in [-0.2, 0) is 10.0 Å². The molecule has 0 amide bonds. The van der Waals surface area contributed by atoms with Crippen molar-refractivity contribution in [2.45, 2.75) is 38.1 Å². The van der Waals surface area contributed by atoms with Gasteiger partial charge in [0, 0.05) is 12.6 Å². The molecule has 0 aromatic carbocycles. The third kappa shape index (κ3) is 2.06. The maximum absolute atomic E-state index is 12.6. The average Bonchev–Trinajstić information content (AvgIpc) is 2.82. The van der Waals surface area contributed by atoms with Crippen LogP contribution in [0.5, 0.6) is 0 Å². The zero-order valence-electron chi connectivity index (χ0n) is 11.0. The summed E-state index contributed by atoms with van der Waals surface area (Å²) in [5, 5.41) is 6.69. The highest BCUT2D eigenvalue weighted by molar-refractivity contribution is 7.89. The molecule has 2 heterocycles. The van der Waals surface area contributed by atoms with Crippen molar-refractivity contribution in [3.05, 3.63) is 11.4 Å². The number of nitrogens with one attached hydrogen (secondary N) is 1. The standard InChI is InChI=1S/C11H20N4O2S/c1-7-4-10(5-12)6-15(7)18(16,17)11-8(2)13-14-9(11)3/h7,10H,4-6,12H2,1-3H3,(H,13,14). The van der Waals surface area contributed by atoms with Crippen molar-refractivity contribution in [3.63, 3.8) is 0 Å². The highest BCUT2D eigenvalue weighted by Crippen LogP contribution is 2.30. The summed E-state index contributed by atoms with van der Waals surface area (Å²) in [6.07, 6.45) is 0.825. The van der Waals surface area contributed by atoms with E-state index in [4.69, 9.17) is 5.73 Å². The Morgan fingerprint density at radius 1 is 1.50 bits per heavy atom. The Hall–Kier alpha value is -0.920. The first-order valence-electron chi connectivity index (χ1n) is 6.11. The summed E-state index contributed by atoms with van der Waals surface area (Å²) >= 11 is 0. The van der Waals surface area contributed by atoms with Crippen LogP contribution in [0, 0.1) is 19.8 Å². The quantitative estimate of drug-likeness (QED) is 0.832. The fourth-order valence-electron chi connectivity index (χ4n) is 2.65. The van der Waals surface area contributed by atoms with Crippen molar-refractivity contribution in [3.8, 4) is 0 Å². The lowest BCUT2D eigenvalue weighted by Gasteiger charge is -2.21. The van der Waals surface area contributed by atoms with Gasteiger partial charge in [-0.05, 0) is 39.7 Å². The summed E-state index contributed by atoms with van der Waals surface area (Å²) in [4.78, 5) is 0.312. The summed E-state index contributed by atoms with van der Waals surface area (Å²) in [6, 6.07) is -0.00255. The average molecular weight is 272 g/mol. The van der Waals surface area contributed by atoms with E-state index in [0.717, 1.165) is 6.42 Å². The van der Waals surface area contributed by atoms with Gasteiger partial charge >= 0.3 is 0 Å². The van der Waals surface area contributed by atoms with E-state index >= 15 is 0 Å². The predicted molar refractivity (Wildman–Crippen MR) is 68.6 cm³/mol. The number of aryl methyl sites for hydroxylation is 2. The van der Waals surface area contributed by atoms with Gasteiger partial charge in [-0.25, -0.2) is 8.42 Å². The molecule has 0 aliphatic carbocycles. The molecule has 1 aromatic rings. The number of sulfonamides is 1. The number of nitrogens with two attached hydrogens (primary N) is 1. The van der Waals surface area contributed by atoms with Crippen molar-refractivity contribution in [2.75, 3.05) is 13.1 Å². The van der Waals surface area contributed by atoms with Crippen LogP contribution in [0.3, 0.4) is 0 Å². The van der Waals surface area contributed by atoms with Gasteiger partial charge < -0.3 is 5.73 Å². The summed E-state index contributed by atoms with van der Waals surface area (Å²) in [6.45, 7) is 6.40. The van der Waals surface area contributed by atoms with Gasteiger partial charge in [0.15, 0.2) is 0 Å². The van der Waals surface area contributed by atoms with Crippen LogP contribution < -0.4 is 5.73 Å². The summed E-state index contributed by atoms with van der Waals surface area (Å²) in [7, 11) is -3.46. The van der Waals surface area contributed by atoms with Crippen LogP contribution in [0.1, 0.15) is 24.7 Å². The van der Waals surface area contributed by atoms with Crippen molar-refractivity contribution in [1.82, 2.24) is 14.5 Å². The van der Waals surface area contributed by atoms with Gasteiger partial charge in [-0.2, -0.15) is 9.40 Å². The van der Waals surface area contributed by atoms with Gasteiger partial charge in [0.05, 0.1) is 11.4 Å². The Kier molecular flexibility index (Phi) is 3.48. The monoisotopic (exact) mass is 272 g/mol. The summed E-state index contributed by atoms with van der Waals surface area (Å²) in [5.74, 6) is 0.252. The second-order valence-corrected chi connectivity index (χ2v) is 6.85. The van der Waals surface area contributed by atoms with E-state index in [1.807, 2.05) is 6.92 Å². The first-order valence-corrected chi connectivity index (χ1v) is 7.55. The number of hydrogen-bond donors (Lipinski definition) is 2. The Balaban J connectivity index is 2.38. The summed E-state index contributed by atoms with van der Waals surface area (Å²) in [5.41, 5.74) is 6.76. The molecule has 0 spiro atoms. The van der Waals surface area contributed by atoms with Gasteiger partial charge in [0.25, 0.3) is 0 Å². The summed E-state index contributed by atoms with van der Waals surface area (Å²) < 4.78 is 26.8. The highest BCUT2D eigenvalue weighted by Gasteiger charge is 2.39. The van der Waals surface area contributed by atoms with Crippen LogP contribution in [0.2, 0.25) is 0 Å². The third-order valence-corrected chi connectivity index (χ3v) is 5.81. The zero-order valence-corrected chi connectivity index (χ0v) is 11.8. The third-order valence-electron chi connectivity index (χ3n) is 3.56. The maximum Gasteiger partial charge on any atom is 0.246 e. The number of hydrogen-bond acceptors (Lipinski definition) is 4. The smallest absolute Gasteiger partial charge is 0.246 e. The molecule has 102 valence electrons. The van der Waals surface area contributed by atoms with Crippen LogP contribution in [0.25, 0.3) is 0 Å². The minimum atomic E-state index is -3.46. The van der Waals surface area contributed by atoms with E-state index in [0.29, 0.717) is 29.4 Å². The van der Waals surface area contributed by atoms with Crippen molar-refractivity contribution < 1.29 is 8.42 Å².